The van der Waals surface area contributed by atoms with E-state index < -0.39 is 51.7 Å². The Hall–Kier alpha value is -7.39. The highest BCUT2D eigenvalue weighted by Crippen LogP contribution is 2.27. The lowest BCUT2D eigenvalue weighted by Gasteiger charge is -2.18. The summed E-state index contributed by atoms with van der Waals surface area (Å²) in [5.41, 5.74) is 13.2. The van der Waals surface area contributed by atoms with Gasteiger partial charge in [-0.1, -0.05) is 187 Å². The van der Waals surface area contributed by atoms with E-state index in [1.54, 1.807) is 50.2 Å². The van der Waals surface area contributed by atoms with Crippen LogP contribution in [0, 0.1) is 59.1 Å². The maximum absolute atomic E-state index is 13.5. The van der Waals surface area contributed by atoms with E-state index in [4.69, 9.17) is 6.42 Å². The fourth-order valence-electron chi connectivity index (χ4n) is 14.7. The number of likely N-dealkylation sites (tertiary alicyclic amines) is 4. The number of nitrogens with zero attached hydrogens (tertiary/aromatic N) is 4. The van der Waals surface area contributed by atoms with Crippen molar-refractivity contribution in [1.82, 2.24) is 38.5 Å². The van der Waals surface area contributed by atoms with Crippen molar-refractivity contribution in [3.05, 3.63) is 283 Å². The Balaban J connectivity index is 0.000000160. The van der Waals surface area contributed by atoms with Gasteiger partial charge in [-0.15, -0.1) is 6.42 Å². The first-order chi connectivity index (χ1) is 53.8. The van der Waals surface area contributed by atoms with Crippen LogP contribution in [0.3, 0.4) is 0 Å². The van der Waals surface area contributed by atoms with Crippen molar-refractivity contribution in [2.75, 3.05) is 52.4 Å². The Morgan fingerprint density at radius 2 is 0.664 bits per heavy atom. The van der Waals surface area contributed by atoms with Crippen LogP contribution in [0.25, 0.3) is 11.1 Å². The highest BCUT2D eigenvalue weighted by Gasteiger charge is 2.33. The van der Waals surface area contributed by atoms with Crippen molar-refractivity contribution in [3.8, 4) is 23.5 Å². The van der Waals surface area contributed by atoms with Crippen molar-refractivity contribution < 1.29 is 42.5 Å². The molecule has 0 aromatic heterocycles. The summed E-state index contributed by atoms with van der Waals surface area (Å²) in [7, 11) is -14.5. The third-order valence-corrected chi connectivity index (χ3v) is 27.5. The van der Waals surface area contributed by atoms with E-state index in [1.165, 1.54) is 74.3 Å². The second kappa shape index (κ2) is 40.9. The first kappa shape index (κ1) is 88.0. The monoisotopic (exact) mass is 1720 g/mol. The van der Waals surface area contributed by atoms with Gasteiger partial charge < -0.3 is 0 Å². The van der Waals surface area contributed by atoms with Crippen LogP contribution in [0.2, 0.25) is 0 Å². The molecular formula is C90H109F2IN8O8S4. The number of sulfonamides is 4. The summed E-state index contributed by atoms with van der Waals surface area (Å²) < 4.78 is 140. The Labute approximate surface area is 685 Å². The largest absolute Gasteiger partial charge is 0.297 e. The Morgan fingerprint density at radius 3 is 0.973 bits per heavy atom. The molecule has 4 N–H and O–H groups in total. The van der Waals surface area contributed by atoms with E-state index in [0.717, 1.165) is 126 Å². The molecule has 0 spiro atoms. The molecule has 4 heterocycles. The number of aryl methyl sites for hydroxylation is 2. The zero-order valence-electron chi connectivity index (χ0n) is 66.1. The maximum Gasteiger partial charge on any atom is 0.241 e. The molecule has 4 saturated heterocycles. The van der Waals surface area contributed by atoms with Crippen LogP contribution >= 0.6 is 22.6 Å². The molecule has 16 nitrogen and oxygen atoms in total. The molecule has 4 unspecified atom stereocenters. The van der Waals surface area contributed by atoms with Gasteiger partial charge in [0.15, 0.2) is 0 Å². The minimum absolute atomic E-state index is 0.0115. The second-order valence-electron chi connectivity index (χ2n) is 31.6. The van der Waals surface area contributed by atoms with Crippen molar-refractivity contribution in [2.45, 2.75) is 170 Å². The van der Waals surface area contributed by atoms with Gasteiger partial charge in [-0.3, -0.25) is 19.6 Å². The van der Waals surface area contributed by atoms with Gasteiger partial charge in [0.1, 0.15) is 11.6 Å². The highest BCUT2D eigenvalue weighted by atomic mass is 127. The summed E-state index contributed by atoms with van der Waals surface area (Å²) >= 11 is 2.17. The molecule has 23 heteroatoms. The van der Waals surface area contributed by atoms with Gasteiger partial charge in [-0.2, -0.15) is 0 Å². The average Bonchev–Trinajstić information content (AvgIpc) is 1.80. The number of rotatable bonds is 27. The molecule has 4 aliphatic heterocycles. The van der Waals surface area contributed by atoms with E-state index in [-0.39, 0.29) is 38.9 Å². The van der Waals surface area contributed by atoms with E-state index in [1.807, 2.05) is 30.3 Å². The number of hydrogen-bond donors (Lipinski definition) is 4. The van der Waals surface area contributed by atoms with Crippen molar-refractivity contribution >= 4 is 62.7 Å². The fraction of sp³-hybridized carbons (Fsp3) is 0.378. The summed E-state index contributed by atoms with van der Waals surface area (Å²) in [6, 6.07) is 65.6. The molecule has 13 rings (SSSR count). The highest BCUT2D eigenvalue weighted by molar-refractivity contribution is 14.1. The summed E-state index contributed by atoms with van der Waals surface area (Å²) in [6.45, 7) is 26.2. The van der Waals surface area contributed by atoms with Crippen LogP contribution < -0.4 is 18.9 Å². The predicted octanol–water partition coefficient (Wildman–Crippen LogP) is 15.7. The Kier molecular flexibility index (Phi) is 31.9. The molecular weight excluding hydrogens is 1610 g/mol. The molecule has 9 aromatic carbocycles. The third-order valence-electron chi connectivity index (χ3n) is 20.4. The Bertz CT molecular complexity index is 5090. The predicted molar refractivity (Wildman–Crippen MR) is 459 cm³/mol. The molecule has 0 amide bonds. The lowest BCUT2D eigenvalue weighted by Crippen LogP contribution is -2.37. The molecule has 4 aliphatic rings. The van der Waals surface area contributed by atoms with Gasteiger partial charge in [-0.25, -0.2) is 61.3 Å². The fourth-order valence-corrected chi connectivity index (χ4v) is 20.6. The summed E-state index contributed by atoms with van der Waals surface area (Å²) in [5, 5.41) is 0. The first-order valence-corrected chi connectivity index (χ1v) is 46.0. The van der Waals surface area contributed by atoms with Crippen LogP contribution in [0.4, 0.5) is 8.78 Å². The molecule has 0 saturated carbocycles. The topological polar surface area (TPSA) is 198 Å². The van der Waals surface area contributed by atoms with Crippen molar-refractivity contribution in [3.63, 3.8) is 0 Å². The molecule has 113 heavy (non-hydrogen) atoms. The van der Waals surface area contributed by atoms with Gasteiger partial charge in [0, 0.05) is 112 Å². The maximum atomic E-state index is 13.5. The van der Waals surface area contributed by atoms with Crippen LogP contribution in [-0.4, -0.2) is 130 Å². The summed E-state index contributed by atoms with van der Waals surface area (Å²) in [4.78, 5) is 9.73. The van der Waals surface area contributed by atoms with E-state index >= 15 is 0 Å². The van der Waals surface area contributed by atoms with Gasteiger partial charge in [0.25, 0.3) is 0 Å². The number of halogens is 3. The molecule has 0 radical (unpaired) electrons. The number of hydrogen-bond acceptors (Lipinski definition) is 12. The minimum atomic E-state index is -3.75. The van der Waals surface area contributed by atoms with Gasteiger partial charge in [-0.05, 0) is 233 Å². The van der Waals surface area contributed by atoms with Crippen LogP contribution in [0.5, 0.6) is 0 Å². The number of nitrogens with one attached hydrogen (secondary N) is 4. The molecule has 0 aliphatic carbocycles. The van der Waals surface area contributed by atoms with Gasteiger partial charge >= 0.3 is 0 Å². The zero-order valence-corrected chi connectivity index (χ0v) is 71.5. The van der Waals surface area contributed by atoms with Gasteiger partial charge in [0.05, 0.1) is 19.6 Å². The van der Waals surface area contributed by atoms with E-state index in [2.05, 4.69) is 218 Å². The van der Waals surface area contributed by atoms with Crippen LogP contribution in [0.1, 0.15) is 123 Å². The van der Waals surface area contributed by atoms with E-state index in [9.17, 15) is 42.5 Å². The summed E-state index contributed by atoms with van der Waals surface area (Å²) in [6.07, 6.45) is 11.7. The zero-order chi connectivity index (χ0) is 81.0. The second-order valence-corrected chi connectivity index (χ2v) is 39.7. The number of terminal acetylenes is 1. The standard InChI is InChI=1S/C24H25FN2O2S.C23H28N2O2S.C22H29FN2O2S.C21H27IN2O2S/c1-18-7-12-22(25)15-24(18)30(28,29)26-23-13-14-27(17-23)16-19-8-10-21(11-9-19)20-5-3-2-4-6-20;1-4-19-9-11-23(12-10-19)28(26,27)24-22-13-14-25(17-22)16-21-7-5-20(6-8-21)15-18(2)3;1-16(2)12-18-5-7-19(8-6-18)14-25-11-10-21(15-25)24-28(26,27)22-13-20(23)9-4-17(22)3;1-16(2)13-17-3-5-18(6-4-17)14-24-12-11-20(15-24)23-27(25,26)21-9-7-19(22)8-10-21/h2-12,15,23,26H,13-14,16-17H2,1H3;1,5-12,18,22,24H,13-17H2,2-3H3;4-9,13,16,21,24H,10-12,14-15H2,1-3H3;3-10,16,20,23H,11-15H2,1-2H3. The molecule has 9 aromatic rings. The SMILES string of the molecule is C#Cc1ccc(S(=O)(=O)NC2CCN(Cc3ccc(CC(C)C)cc3)C2)cc1.CC(C)Cc1ccc(CN2CCC(NS(=O)(=O)c3ccc(I)cc3)C2)cc1.Cc1ccc(F)cc1S(=O)(=O)NC1CCN(Cc2ccc(-c3ccccc3)cc2)C1.Cc1ccc(F)cc1S(=O)(=O)NC1CCN(Cc2ccc(CC(C)C)cc2)C1. The molecule has 0 bridgehead atoms. The van der Waals surface area contributed by atoms with Crippen molar-refractivity contribution in [2.24, 2.45) is 17.8 Å². The molecule has 4 fully saturated rings. The van der Waals surface area contributed by atoms with Gasteiger partial charge in [0.2, 0.25) is 40.1 Å². The molecule has 4 atom stereocenters. The van der Waals surface area contributed by atoms with Crippen molar-refractivity contribution in [1.29, 1.82) is 0 Å². The number of benzene rings is 9. The quantitative estimate of drug-likeness (QED) is 0.0281. The molecule has 602 valence electrons. The minimum Gasteiger partial charge on any atom is -0.297 e. The first-order valence-electron chi connectivity index (χ1n) is 39.0. The third kappa shape index (κ3) is 27.4. The lowest BCUT2D eigenvalue weighted by atomic mass is 10.0. The normalized spacial score (nSPS) is 17.8. The van der Waals surface area contributed by atoms with E-state index in [0.29, 0.717) is 52.4 Å². The van der Waals surface area contributed by atoms with Crippen LogP contribution in [0.15, 0.2) is 232 Å². The Morgan fingerprint density at radius 1 is 0.381 bits per heavy atom. The summed E-state index contributed by atoms with van der Waals surface area (Å²) in [5.74, 6) is 3.36. The average molecular weight is 1720 g/mol. The smallest absolute Gasteiger partial charge is 0.241 e. The lowest BCUT2D eigenvalue weighted by molar-refractivity contribution is 0.324. The van der Waals surface area contributed by atoms with Crippen LogP contribution in [-0.2, 0) is 85.5 Å².